The summed E-state index contributed by atoms with van der Waals surface area (Å²) in [4.78, 5) is 7.82. The first-order chi connectivity index (χ1) is 13.0. The van der Waals surface area contributed by atoms with E-state index in [0.29, 0.717) is 29.5 Å². The quantitative estimate of drug-likeness (QED) is 0.554. The fourth-order valence-corrected chi connectivity index (χ4v) is 3.40. The van der Waals surface area contributed by atoms with Crippen molar-refractivity contribution < 1.29 is 9.47 Å². The van der Waals surface area contributed by atoms with Crippen molar-refractivity contribution in [2.45, 2.75) is 20.8 Å². The molecule has 0 bridgehead atoms. The number of ether oxygens (including phenoxy) is 2. The van der Waals surface area contributed by atoms with E-state index in [1.807, 2.05) is 38.1 Å². The van der Waals surface area contributed by atoms with Gasteiger partial charge in [0.2, 0.25) is 0 Å². The minimum atomic E-state index is 0.444. The minimum absolute atomic E-state index is 0.444. The smallest absolute Gasteiger partial charge is 0.175 e. The van der Waals surface area contributed by atoms with Crippen LogP contribution in [-0.4, -0.2) is 23.7 Å². The number of methoxy groups -OCH3 is 1. The number of fused-ring (bicyclic) bond motifs is 1. The van der Waals surface area contributed by atoms with E-state index in [2.05, 4.69) is 38.9 Å². The molecule has 0 amide bonds. The molecule has 0 saturated carbocycles. The maximum Gasteiger partial charge on any atom is 0.175 e. The fraction of sp³-hybridized carbons (Fsp3) is 0.238. The molecular weight excluding hydrogens is 406 g/mol. The van der Waals surface area contributed by atoms with E-state index < -0.39 is 0 Å². The van der Waals surface area contributed by atoms with E-state index in [1.165, 1.54) is 11.1 Å². The number of aryl methyl sites for hydroxylation is 2. The fourth-order valence-electron chi connectivity index (χ4n) is 2.82. The number of nitrogens with one attached hydrogen (secondary N) is 1. The van der Waals surface area contributed by atoms with Gasteiger partial charge in [-0.25, -0.2) is 4.98 Å². The van der Waals surface area contributed by atoms with Crippen LogP contribution in [0.3, 0.4) is 0 Å². The van der Waals surface area contributed by atoms with Crippen molar-refractivity contribution in [3.63, 3.8) is 0 Å². The lowest BCUT2D eigenvalue weighted by Gasteiger charge is -2.12. The van der Waals surface area contributed by atoms with E-state index in [1.54, 1.807) is 13.2 Å². The molecule has 138 valence electrons. The summed E-state index contributed by atoms with van der Waals surface area (Å²) in [5.74, 6) is 1.79. The first-order valence-electron chi connectivity index (χ1n) is 8.56. The molecule has 3 aromatic rings. The second-order valence-corrected chi connectivity index (χ2v) is 7.03. The highest BCUT2D eigenvalue weighted by Gasteiger charge is 2.13. The van der Waals surface area contributed by atoms with Crippen molar-refractivity contribution in [1.29, 1.82) is 5.26 Å². The summed E-state index contributed by atoms with van der Waals surface area (Å²) in [6, 6.07) is 10.0. The lowest BCUT2D eigenvalue weighted by atomic mass is 10.1. The summed E-state index contributed by atoms with van der Waals surface area (Å²) in [7, 11) is 1.59. The highest BCUT2D eigenvalue weighted by molar-refractivity contribution is 9.10. The molecule has 6 heteroatoms. The number of halogens is 1. The van der Waals surface area contributed by atoms with Gasteiger partial charge < -0.3 is 14.5 Å². The molecule has 0 unspecified atom stereocenters. The van der Waals surface area contributed by atoms with E-state index in [-0.39, 0.29) is 0 Å². The lowest BCUT2D eigenvalue weighted by Crippen LogP contribution is -1.97. The summed E-state index contributed by atoms with van der Waals surface area (Å²) >= 11 is 3.51. The third-order valence-corrected chi connectivity index (χ3v) is 4.91. The molecule has 0 radical (unpaired) electrons. The van der Waals surface area contributed by atoms with Crippen LogP contribution in [0.4, 0.5) is 0 Å². The number of hydrogen-bond donors (Lipinski definition) is 1. The van der Waals surface area contributed by atoms with Crippen LogP contribution in [0.2, 0.25) is 0 Å². The van der Waals surface area contributed by atoms with Gasteiger partial charge in [-0.2, -0.15) is 5.26 Å². The predicted octanol–water partition coefficient (Wildman–Crippen LogP) is 5.41. The minimum Gasteiger partial charge on any atom is -0.493 e. The Morgan fingerprint density at radius 3 is 2.67 bits per heavy atom. The van der Waals surface area contributed by atoms with E-state index in [4.69, 9.17) is 9.47 Å². The Bertz CT molecular complexity index is 1040. The van der Waals surface area contributed by atoms with Gasteiger partial charge in [-0.05, 0) is 83.7 Å². The zero-order valence-electron chi connectivity index (χ0n) is 15.7. The second-order valence-electron chi connectivity index (χ2n) is 6.18. The summed E-state index contributed by atoms with van der Waals surface area (Å²) in [5, 5.41) is 9.66. The van der Waals surface area contributed by atoms with Gasteiger partial charge in [0.25, 0.3) is 0 Å². The van der Waals surface area contributed by atoms with Gasteiger partial charge in [0, 0.05) is 0 Å². The molecule has 1 aromatic heterocycles. The molecular formula is C21H20BrN3O2. The Kier molecular flexibility index (Phi) is 5.52. The van der Waals surface area contributed by atoms with E-state index in [9.17, 15) is 5.26 Å². The Labute approximate surface area is 166 Å². The number of benzene rings is 2. The number of rotatable bonds is 5. The molecule has 0 fully saturated rings. The third kappa shape index (κ3) is 3.83. The van der Waals surface area contributed by atoms with Crippen molar-refractivity contribution in [1.82, 2.24) is 9.97 Å². The third-order valence-electron chi connectivity index (χ3n) is 4.32. The summed E-state index contributed by atoms with van der Waals surface area (Å²) in [6.45, 7) is 6.55. The Morgan fingerprint density at radius 1 is 1.26 bits per heavy atom. The van der Waals surface area contributed by atoms with Crippen LogP contribution in [0.15, 0.2) is 28.7 Å². The Morgan fingerprint density at radius 2 is 2.00 bits per heavy atom. The first kappa shape index (κ1) is 19.0. The number of hydrogen-bond acceptors (Lipinski definition) is 4. The maximum atomic E-state index is 9.66. The van der Waals surface area contributed by atoms with Crippen molar-refractivity contribution in [3.05, 3.63) is 51.3 Å². The standard InChI is InChI=1S/C21H20BrN3O2/c1-5-27-20-16(22)9-14(10-19(20)26-4)8-15(11-23)21-24-17-6-12(2)13(3)7-18(17)25-21/h6-10H,5H2,1-4H3,(H,24,25)/b15-8-. The molecule has 1 heterocycles. The van der Waals surface area contributed by atoms with E-state index in [0.717, 1.165) is 21.1 Å². The zero-order valence-corrected chi connectivity index (χ0v) is 17.3. The van der Waals surface area contributed by atoms with Crippen LogP contribution in [-0.2, 0) is 0 Å². The van der Waals surface area contributed by atoms with Gasteiger partial charge in [-0.3, -0.25) is 0 Å². The van der Waals surface area contributed by atoms with Gasteiger partial charge >= 0.3 is 0 Å². The lowest BCUT2D eigenvalue weighted by molar-refractivity contribution is 0.309. The summed E-state index contributed by atoms with van der Waals surface area (Å²) < 4.78 is 11.8. The zero-order chi connectivity index (χ0) is 19.6. The molecule has 27 heavy (non-hydrogen) atoms. The number of H-pyrrole nitrogens is 1. The van der Waals surface area contributed by atoms with Crippen LogP contribution in [0.25, 0.3) is 22.7 Å². The molecule has 0 aliphatic carbocycles. The Balaban J connectivity index is 2.07. The molecule has 1 N–H and O–H groups in total. The number of nitrogens with zero attached hydrogens (tertiary/aromatic N) is 2. The van der Waals surface area contributed by atoms with Crippen molar-refractivity contribution >= 4 is 38.6 Å². The first-order valence-corrected chi connectivity index (χ1v) is 9.35. The van der Waals surface area contributed by atoms with Crippen LogP contribution < -0.4 is 9.47 Å². The van der Waals surface area contributed by atoms with Crippen LogP contribution in [0, 0.1) is 25.2 Å². The Hall–Kier alpha value is -2.78. The van der Waals surface area contributed by atoms with Crippen LogP contribution in [0.1, 0.15) is 29.4 Å². The predicted molar refractivity (Wildman–Crippen MR) is 111 cm³/mol. The molecule has 0 aliphatic rings. The molecule has 0 spiro atoms. The summed E-state index contributed by atoms with van der Waals surface area (Å²) in [5.41, 5.74) is 5.37. The van der Waals surface area contributed by atoms with Gasteiger partial charge in [-0.15, -0.1) is 0 Å². The molecule has 0 aliphatic heterocycles. The number of aromatic nitrogens is 2. The van der Waals surface area contributed by atoms with Crippen LogP contribution in [0.5, 0.6) is 11.5 Å². The van der Waals surface area contributed by atoms with Gasteiger partial charge in [0.15, 0.2) is 11.5 Å². The van der Waals surface area contributed by atoms with Crippen molar-refractivity contribution in [2.24, 2.45) is 0 Å². The van der Waals surface area contributed by atoms with Gasteiger partial charge in [0.1, 0.15) is 11.9 Å². The molecule has 5 nitrogen and oxygen atoms in total. The SMILES string of the molecule is CCOc1c(Br)cc(/C=C(/C#N)c2nc3cc(C)c(C)cc3[nH]2)cc1OC. The molecule has 0 saturated heterocycles. The number of allylic oxidation sites excluding steroid dienone is 1. The monoisotopic (exact) mass is 425 g/mol. The van der Waals surface area contributed by atoms with E-state index >= 15 is 0 Å². The second kappa shape index (κ2) is 7.85. The molecule has 3 rings (SSSR count). The number of imidazole rings is 1. The highest BCUT2D eigenvalue weighted by atomic mass is 79.9. The average Bonchev–Trinajstić information content (AvgIpc) is 3.04. The van der Waals surface area contributed by atoms with Crippen molar-refractivity contribution in [2.75, 3.05) is 13.7 Å². The highest BCUT2D eigenvalue weighted by Crippen LogP contribution is 2.37. The molecule has 0 atom stereocenters. The number of aromatic amines is 1. The number of nitriles is 1. The topological polar surface area (TPSA) is 70.9 Å². The largest absolute Gasteiger partial charge is 0.493 e. The average molecular weight is 426 g/mol. The van der Waals surface area contributed by atoms with Crippen molar-refractivity contribution in [3.8, 4) is 17.6 Å². The maximum absolute atomic E-state index is 9.66. The van der Waals surface area contributed by atoms with Crippen LogP contribution >= 0.6 is 15.9 Å². The summed E-state index contributed by atoms with van der Waals surface area (Å²) in [6.07, 6.45) is 1.78. The molecule has 2 aromatic carbocycles. The van der Waals surface area contributed by atoms with Gasteiger partial charge in [-0.1, -0.05) is 0 Å². The normalized spacial score (nSPS) is 11.5. The van der Waals surface area contributed by atoms with Gasteiger partial charge in [0.05, 0.1) is 34.8 Å².